The van der Waals surface area contributed by atoms with Crippen LogP contribution in [0.15, 0.2) is 18.2 Å². The summed E-state index contributed by atoms with van der Waals surface area (Å²) in [6, 6.07) is 5.79. The Balaban J connectivity index is 3.23. The van der Waals surface area contributed by atoms with Crippen molar-refractivity contribution in [1.82, 2.24) is 0 Å². The van der Waals surface area contributed by atoms with Gasteiger partial charge >= 0.3 is 5.97 Å². The second-order valence-electron chi connectivity index (χ2n) is 5.52. The number of carboxylic acids is 1. The molecule has 1 aromatic rings. The van der Waals surface area contributed by atoms with E-state index in [1.165, 1.54) is 0 Å². The lowest BCUT2D eigenvalue weighted by atomic mass is 9.80. The number of carbonyl (C=O) groups is 1. The van der Waals surface area contributed by atoms with E-state index in [9.17, 15) is 9.90 Å². The molecule has 0 radical (unpaired) electrons. The molecule has 18 heavy (non-hydrogen) atoms. The van der Waals surface area contributed by atoms with E-state index in [2.05, 4.69) is 0 Å². The van der Waals surface area contributed by atoms with Crippen molar-refractivity contribution in [2.45, 2.75) is 46.1 Å². The van der Waals surface area contributed by atoms with Gasteiger partial charge in [-0.25, -0.2) is 0 Å². The average Bonchev–Trinajstić information content (AvgIpc) is 2.19. The van der Waals surface area contributed by atoms with Gasteiger partial charge in [-0.3, -0.25) is 4.79 Å². The van der Waals surface area contributed by atoms with Gasteiger partial charge in [0.25, 0.3) is 0 Å². The lowest BCUT2D eigenvalue weighted by Crippen LogP contribution is -2.31. The zero-order chi connectivity index (χ0) is 13.9. The Labute approximate surface area is 108 Å². The van der Waals surface area contributed by atoms with Crippen LogP contribution < -0.4 is 0 Å². The van der Waals surface area contributed by atoms with Gasteiger partial charge in [-0.1, -0.05) is 37.6 Å². The van der Waals surface area contributed by atoms with E-state index in [0.717, 1.165) is 16.7 Å². The fourth-order valence-corrected chi connectivity index (χ4v) is 2.44. The van der Waals surface area contributed by atoms with Crippen LogP contribution in [0.5, 0.6) is 0 Å². The summed E-state index contributed by atoms with van der Waals surface area (Å²) in [5, 5.41) is 19.8. The topological polar surface area (TPSA) is 57.5 Å². The number of benzene rings is 1. The van der Waals surface area contributed by atoms with Crippen LogP contribution in [0.1, 0.15) is 43.4 Å². The van der Waals surface area contributed by atoms with Gasteiger partial charge in [-0.15, -0.1) is 0 Å². The summed E-state index contributed by atoms with van der Waals surface area (Å²) >= 11 is 0. The monoisotopic (exact) mass is 250 g/mol. The summed E-state index contributed by atoms with van der Waals surface area (Å²) in [4.78, 5) is 11.0. The Morgan fingerprint density at radius 3 is 2.44 bits per heavy atom. The smallest absolute Gasteiger partial charge is 0.306 e. The fraction of sp³-hybridized carbons (Fsp3) is 0.533. The Morgan fingerprint density at radius 1 is 1.33 bits per heavy atom. The molecule has 0 fully saturated rings. The minimum Gasteiger partial charge on any atom is -0.481 e. The summed E-state index contributed by atoms with van der Waals surface area (Å²) < 4.78 is 0. The molecule has 1 rings (SSSR count). The Kier molecular flexibility index (Phi) is 4.52. The van der Waals surface area contributed by atoms with Crippen LogP contribution in [0.3, 0.4) is 0 Å². The van der Waals surface area contributed by atoms with E-state index in [0.29, 0.717) is 6.42 Å². The number of rotatable bonds is 5. The summed E-state index contributed by atoms with van der Waals surface area (Å²) in [5.41, 5.74) is 1.42. The molecule has 0 spiro atoms. The van der Waals surface area contributed by atoms with Crippen LogP contribution in [0.25, 0.3) is 0 Å². The molecule has 0 saturated carbocycles. The number of carboxylic acid groups (broad SMARTS) is 1. The average molecular weight is 250 g/mol. The van der Waals surface area contributed by atoms with Crippen molar-refractivity contribution in [2.24, 2.45) is 5.92 Å². The highest BCUT2D eigenvalue weighted by atomic mass is 16.4. The van der Waals surface area contributed by atoms with E-state index in [4.69, 9.17) is 5.11 Å². The molecule has 0 aromatic heterocycles. The Morgan fingerprint density at radius 2 is 1.94 bits per heavy atom. The summed E-state index contributed by atoms with van der Waals surface area (Å²) in [6.45, 7) is 7.82. The summed E-state index contributed by atoms with van der Waals surface area (Å²) in [6.07, 6.45) is 0.194. The van der Waals surface area contributed by atoms with Gasteiger partial charge in [-0.05, 0) is 37.3 Å². The minimum absolute atomic E-state index is 0.231. The molecule has 3 heteroatoms. The van der Waals surface area contributed by atoms with Crippen molar-refractivity contribution in [3.63, 3.8) is 0 Å². The van der Waals surface area contributed by atoms with E-state index < -0.39 is 11.6 Å². The third-order valence-electron chi connectivity index (χ3n) is 3.08. The first-order valence-electron chi connectivity index (χ1n) is 6.26. The molecule has 2 N–H and O–H groups in total. The predicted octanol–water partition coefficient (Wildman–Crippen LogP) is 3.01. The molecule has 0 saturated heterocycles. The van der Waals surface area contributed by atoms with Crippen molar-refractivity contribution >= 4 is 5.97 Å². The molecule has 3 nitrogen and oxygen atoms in total. The molecule has 0 aliphatic rings. The fourth-order valence-electron chi connectivity index (χ4n) is 2.44. The maximum atomic E-state index is 11.0. The minimum atomic E-state index is -1.28. The highest BCUT2D eigenvalue weighted by Gasteiger charge is 2.34. The molecule has 0 aliphatic heterocycles. The van der Waals surface area contributed by atoms with E-state index >= 15 is 0 Å². The summed E-state index contributed by atoms with van der Waals surface area (Å²) in [7, 11) is 0. The number of aliphatic carboxylic acids is 1. The molecule has 0 bridgehead atoms. The Bertz CT molecular complexity index is 437. The van der Waals surface area contributed by atoms with Gasteiger partial charge in [0.15, 0.2) is 0 Å². The van der Waals surface area contributed by atoms with E-state index in [1.54, 1.807) is 0 Å². The van der Waals surface area contributed by atoms with Crippen LogP contribution in [0.2, 0.25) is 0 Å². The molecular weight excluding hydrogens is 228 g/mol. The normalized spacial score (nSPS) is 14.6. The largest absolute Gasteiger partial charge is 0.481 e. The van der Waals surface area contributed by atoms with E-state index in [-0.39, 0.29) is 12.3 Å². The van der Waals surface area contributed by atoms with Crippen molar-refractivity contribution in [2.75, 3.05) is 0 Å². The number of aliphatic hydroxyl groups is 1. The lowest BCUT2D eigenvalue weighted by molar-refractivity contribution is -0.143. The quantitative estimate of drug-likeness (QED) is 0.844. The second kappa shape index (κ2) is 5.53. The van der Waals surface area contributed by atoms with Crippen molar-refractivity contribution in [3.05, 3.63) is 34.9 Å². The second-order valence-corrected chi connectivity index (χ2v) is 5.52. The van der Waals surface area contributed by atoms with Gasteiger partial charge in [0, 0.05) is 0 Å². The number of hydrogen-bond donors (Lipinski definition) is 2. The molecule has 0 aliphatic carbocycles. The van der Waals surface area contributed by atoms with Crippen molar-refractivity contribution in [1.29, 1.82) is 0 Å². The highest BCUT2D eigenvalue weighted by molar-refractivity contribution is 5.68. The maximum Gasteiger partial charge on any atom is 0.306 e. The van der Waals surface area contributed by atoms with Gasteiger partial charge in [0.05, 0.1) is 6.42 Å². The van der Waals surface area contributed by atoms with E-state index in [1.807, 2.05) is 45.9 Å². The first kappa shape index (κ1) is 14.7. The molecule has 100 valence electrons. The molecule has 0 heterocycles. The number of aryl methyl sites for hydroxylation is 2. The first-order chi connectivity index (χ1) is 8.24. The molecule has 1 unspecified atom stereocenters. The van der Waals surface area contributed by atoms with Gasteiger partial charge in [0.1, 0.15) is 5.60 Å². The van der Waals surface area contributed by atoms with Crippen LogP contribution >= 0.6 is 0 Å². The third-order valence-corrected chi connectivity index (χ3v) is 3.08. The SMILES string of the molecule is Cc1ccc(C)c(C(O)(CC(=O)O)CC(C)C)c1. The van der Waals surface area contributed by atoms with Crippen LogP contribution in [-0.4, -0.2) is 16.2 Å². The Hall–Kier alpha value is -1.35. The van der Waals surface area contributed by atoms with Crippen molar-refractivity contribution in [3.8, 4) is 0 Å². The zero-order valence-electron chi connectivity index (χ0n) is 11.5. The van der Waals surface area contributed by atoms with Crippen LogP contribution in [-0.2, 0) is 10.4 Å². The molecule has 1 aromatic carbocycles. The molecule has 0 amide bonds. The van der Waals surface area contributed by atoms with Gasteiger partial charge in [-0.2, -0.15) is 0 Å². The van der Waals surface area contributed by atoms with Crippen molar-refractivity contribution < 1.29 is 15.0 Å². The van der Waals surface area contributed by atoms with Gasteiger partial charge < -0.3 is 10.2 Å². The standard InChI is InChI=1S/C15H22O3/c1-10(2)8-15(18,9-14(16)17)13-7-11(3)5-6-12(13)4/h5-7,10,18H,8-9H2,1-4H3,(H,16,17). The maximum absolute atomic E-state index is 11.0. The molecule has 1 atom stereocenters. The zero-order valence-corrected chi connectivity index (χ0v) is 11.5. The van der Waals surface area contributed by atoms with Crippen LogP contribution in [0.4, 0.5) is 0 Å². The lowest BCUT2D eigenvalue weighted by Gasteiger charge is -2.30. The predicted molar refractivity (Wildman–Crippen MR) is 71.5 cm³/mol. The molecular formula is C15H22O3. The first-order valence-corrected chi connectivity index (χ1v) is 6.26. The highest BCUT2D eigenvalue weighted by Crippen LogP contribution is 2.34. The van der Waals surface area contributed by atoms with Crippen LogP contribution in [0, 0.1) is 19.8 Å². The number of hydrogen-bond acceptors (Lipinski definition) is 2. The summed E-state index contributed by atoms with van der Waals surface area (Å²) in [5.74, 6) is -0.742. The third kappa shape index (κ3) is 3.57. The van der Waals surface area contributed by atoms with Gasteiger partial charge in [0.2, 0.25) is 0 Å².